The number of anilines is 1. The molecule has 2 N–H and O–H groups in total. The van der Waals surface area contributed by atoms with Crippen molar-refractivity contribution < 1.29 is 27.1 Å². The molecule has 0 aromatic heterocycles. The van der Waals surface area contributed by atoms with Gasteiger partial charge in [-0.3, -0.25) is 4.79 Å². The second-order valence-corrected chi connectivity index (χ2v) is 7.15. The van der Waals surface area contributed by atoms with Crippen LogP contribution >= 0.6 is 0 Å². The lowest BCUT2D eigenvalue weighted by molar-refractivity contribution is -0.274. The highest BCUT2D eigenvalue weighted by Gasteiger charge is 2.38. The molecule has 1 aliphatic heterocycles. The number of carbonyl (C=O) groups is 1. The van der Waals surface area contributed by atoms with E-state index in [0.717, 1.165) is 5.56 Å². The maximum absolute atomic E-state index is 13.9. The second kappa shape index (κ2) is 8.29. The fourth-order valence-electron chi connectivity index (χ4n) is 3.71. The summed E-state index contributed by atoms with van der Waals surface area (Å²) in [5.74, 6) is -1.40. The van der Waals surface area contributed by atoms with Gasteiger partial charge in [-0.25, -0.2) is 4.39 Å². The third kappa shape index (κ3) is 4.79. The van der Waals surface area contributed by atoms with Crippen LogP contribution in [-0.4, -0.2) is 18.3 Å². The summed E-state index contributed by atoms with van der Waals surface area (Å²) in [7, 11) is 0. The van der Waals surface area contributed by atoms with E-state index in [1.165, 1.54) is 36.4 Å². The molecule has 1 amide bonds. The van der Waals surface area contributed by atoms with Crippen LogP contribution in [0.4, 0.5) is 23.2 Å². The van der Waals surface area contributed by atoms with Gasteiger partial charge < -0.3 is 15.4 Å². The highest BCUT2D eigenvalue weighted by atomic mass is 19.4. The smallest absolute Gasteiger partial charge is 0.406 e. The molecule has 4 nitrogen and oxygen atoms in total. The quantitative estimate of drug-likeness (QED) is 0.562. The van der Waals surface area contributed by atoms with Crippen LogP contribution in [0.15, 0.2) is 72.8 Å². The number of ether oxygens (including phenoxy) is 1. The van der Waals surface area contributed by atoms with Crippen molar-refractivity contribution in [2.75, 3.05) is 5.32 Å². The minimum absolute atomic E-state index is 0.121. The zero-order valence-corrected chi connectivity index (χ0v) is 16.1. The molecule has 1 aliphatic rings. The maximum atomic E-state index is 13.9. The lowest BCUT2D eigenvalue weighted by Crippen LogP contribution is -2.40. The van der Waals surface area contributed by atoms with Gasteiger partial charge in [-0.15, -0.1) is 13.2 Å². The molecule has 0 saturated heterocycles. The Labute approximate surface area is 175 Å². The number of carbonyl (C=O) groups excluding carboxylic acids is 1. The van der Waals surface area contributed by atoms with Crippen LogP contribution in [0.25, 0.3) is 0 Å². The maximum Gasteiger partial charge on any atom is 0.573 e. The molecule has 160 valence electrons. The Morgan fingerprint density at radius 3 is 2.39 bits per heavy atom. The average Bonchev–Trinajstić information content (AvgIpc) is 3.11. The van der Waals surface area contributed by atoms with Crippen LogP contribution in [0.3, 0.4) is 0 Å². The standard InChI is InChI=1S/C23H18F4N2O2/c24-16-8-11-19-18(12-16)20(15-4-2-1-3-5-15)21(29-19)22(30)28-13-14-6-9-17(10-7-14)31-23(25,26)27/h1-12,20-21,29H,13H2,(H,28,30). The Morgan fingerprint density at radius 1 is 1.00 bits per heavy atom. The highest BCUT2D eigenvalue weighted by Crippen LogP contribution is 2.40. The molecule has 0 fully saturated rings. The van der Waals surface area contributed by atoms with Gasteiger partial charge in [-0.2, -0.15) is 0 Å². The Kier molecular flexibility index (Phi) is 5.54. The van der Waals surface area contributed by atoms with Gasteiger partial charge in [0.25, 0.3) is 0 Å². The first kappa shape index (κ1) is 20.7. The van der Waals surface area contributed by atoms with Gasteiger partial charge in [0.2, 0.25) is 5.91 Å². The normalized spacial score (nSPS) is 17.5. The summed E-state index contributed by atoms with van der Waals surface area (Å²) in [4.78, 5) is 13.0. The number of nitrogens with one attached hydrogen (secondary N) is 2. The van der Waals surface area contributed by atoms with E-state index < -0.39 is 12.4 Å². The van der Waals surface area contributed by atoms with Crippen LogP contribution in [-0.2, 0) is 11.3 Å². The van der Waals surface area contributed by atoms with Crippen molar-refractivity contribution in [3.8, 4) is 5.75 Å². The molecule has 31 heavy (non-hydrogen) atoms. The van der Waals surface area contributed by atoms with E-state index in [9.17, 15) is 22.4 Å². The largest absolute Gasteiger partial charge is 0.573 e. The van der Waals surface area contributed by atoms with Crippen molar-refractivity contribution in [3.63, 3.8) is 0 Å². The number of hydrogen-bond acceptors (Lipinski definition) is 3. The number of alkyl halides is 3. The molecule has 2 atom stereocenters. The second-order valence-electron chi connectivity index (χ2n) is 7.15. The van der Waals surface area contributed by atoms with Gasteiger partial charge in [0.15, 0.2) is 0 Å². The molecule has 4 rings (SSSR count). The molecule has 0 bridgehead atoms. The van der Waals surface area contributed by atoms with E-state index >= 15 is 0 Å². The van der Waals surface area contributed by atoms with Gasteiger partial charge in [0.1, 0.15) is 17.6 Å². The number of benzene rings is 3. The zero-order valence-electron chi connectivity index (χ0n) is 16.1. The van der Waals surface area contributed by atoms with Crippen LogP contribution in [0, 0.1) is 5.82 Å². The van der Waals surface area contributed by atoms with Crippen molar-refractivity contribution in [1.82, 2.24) is 5.32 Å². The summed E-state index contributed by atoms with van der Waals surface area (Å²) in [5.41, 5.74) is 2.86. The van der Waals surface area contributed by atoms with E-state index in [-0.39, 0.29) is 29.9 Å². The lowest BCUT2D eigenvalue weighted by Gasteiger charge is -2.20. The fraction of sp³-hybridized carbons (Fsp3) is 0.174. The number of hydrogen-bond donors (Lipinski definition) is 2. The third-order valence-corrected chi connectivity index (χ3v) is 5.06. The van der Waals surface area contributed by atoms with Crippen LogP contribution in [0.5, 0.6) is 5.75 Å². The highest BCUT2D eigenvalue weighted by molar-refractivity contribution is 5.89. The summed E-state index contributed by atoms with van der Waals surface area (Å²) in [6.07, 6.45) is -4.76. The minimum atomic E-state index is -4.76. The first-order valence-electron chi connectivity index (χ1n) is 9.53. The summed E-state index contributed by atoms with van der Waals surface area (Å²) in [6.45, 7) is 0.121. The Morgan fingerprint density at radius 2 is 1.71 bits per heavy atom. The van der Waals surface area contributed by atoms with Crippen molar-refractivity contribution in [2.24, 2.45) is 0 Å². The molecule has 0 spiro atoms. The Balaban J connectivity index is 1.49. The molecule has 0 aliphatic carbocycles. The summed E-state index contributed by atoms with van der Waals surface area (Å²) >= 11 is 0. The number of fused-ring (bicyclic) bond motifs is 1. The van der Waals surface area contributed by atoms with E-state index in [1.807, 2.05) is 30.3 Å². The molecule has 1 heterocycles. The van der Waals surface area contributed by atoms with E-state index in [2.05, 4.69) is 15.4 Å². The van der Waals surface area contributed by atoms with Crippen molar-refractivity contribution in [2.45, 2.75) is 24.9 Å². The topological polar surface area (TPSA) is 50.4 Å². The molecule has 3 aromatic carbocycles. The molecular formula is C23H18F4N2O2. The zero-order chi connectivity index (χ0) is 22.0. The lowest BCUT2D eigenvalue weighted by atomic mass is 9.87. The molecule has 8 heteroatoms. The molecule has 0 saturated carbocycles. The molecule has 0 radical (unpaired) electrons. The average molecular weight is 430 g/mol. The van der Waals surface area contributed by atoms with Crippen LogP contribution < -0.4 is 15.4 Å². The Bertz CT molecular complexity index is 1070. The van der Waals surface area contributed by atoms with Crippen LogP contribution in [0.1, 0.15) is 22.6 Å². The van der Waals surface area contributed by atoms with Gasteiger partial charge >= 0.3 is 6.36 Å². The number of halogens is 4. The summed E-state index contributed by atoms with van der Waals surface area (Å²) in [6, 6.07) is 18.3. The first-order chi connectivity index (χ1) is 14.8. The van der Waals surface area contributed by atoms with Gasteiger partial charge in [-0.05, 0) is 47.0 Å². The summed E-state index contributed by atoms with van der Waals surface area (Å²) < 4.78 is 54.5. The summed E-state index contributed by atoms with van der Waals surface area (Å²) in [5, 5.41) is 5.96. The van der Waals surface area contributed by atoms with Crippen LogP contribution in [0.2, 0.25) is 0 Å². The van der Waals surface area contributed by atoms with Gasteiger partial charge in [0.05, 0.1) is 0 Å². The SMILES string of the molecule is O=C(NCc1ccc(OC(F)(F)F)cc1)C1Nc2ccc(F)cc2C1c1ccccc1. The molecule has 2 unspecified atom stereocenters. The Hall–Kier alpha value is -3.55. The molecule has 3 aromatic rings. The predicted octanol–water partition coefficient (Wildman–Crippen LogP) is 4.97. The van der Waals surface area contributed by atoms with Gasteiger partial charge in [-0.1, -0.05) is 42.5 Å². The van der Waals surface area contributed by atoms with Crippen molar-refractivity contribution in [1.29, 1.82) is 0 Å². The fourth-order valence-corrected chi connectivity index (χ4v) is 3.71. The third-order valence-electron chi connectivity index (χ3n) is 5.06. The number of amides is 1. The van der Waals surface area contributed by atoms with E-state index in [4.69, 9.17) is 0 Å². The molecular weight excluding hydrogens is 412 g/mol. The minimum Gasteiger partial charge on any atom is -0.406 e. The first-order valence-corrected chi connectivity index (χ1v) is 9.53. The predicted molar refractivity (Wildman–Crippen MR) is 107 cm³/mol. The van der Waals surface area contributed by atoms with Gasteiger partial charge in [0, 0.05) is 18.2 Å². The number of rotatable bonds is 5. The van der Waals surface area contributed by atoms with Crippen molar-refractivity contribution in [3.05, 3.63) is 95.3 Å². The van der Waals surface area contributed by atoms with Crippen molar-refractivity contribution >= 4 is 11.6 Å². The van der Waals surface area contributed by atoms with E-state index in [0.29, 0.717) is 16.8 Å². The van der Waals surface area contributed by atoms with E-state index in [1.54, 1.807) is 6.07 Å². The monoisotopic (exact) mass is 430 g/mol.